The van der Waals surface area contributed by atoms with Gasteiger partial charge >= 0.3 is 0 Å². The standard InChI is InChI=1S/C10H18N4/c1-3-9-7(2)10(14-13-9)12-8-4-5-11-6-8/h8,11H,3-6H2,1-2H3,(H2,12,13,14). The summed E-state index contributed by atoms with van der Waals surface area (Å²) in [5.74, 6) is 1.02. The highest BCUT2D eigenvalue weighted by molar-refractivity contribution is 5.46. The second-order valence-corrected chi connectivity index (χ2v) is 3.86. The molecule has 0 aromatic carbocycles. The first-order valence-electron chi connectivity index (χ1n) is 5.32. The number of aromatic amines is 1. The molecule has 0 spiro atoms. The summed E-state index contributed by atoms with van der Waals surface area (Å²) in [5, 5.41) is 14.1. The molecular weight excluding hydrogens is 176 g/mol. The van der Waals surface area contributed by atoms with E-state index in [-0.39, 0.29) is 0 Å². The van der Waals surface area contributed by atoms with E-state index >= 15 is 0 Å². The minimum absolute atomic E-state index is 0.543. The third-order valence-corrected chi connectivity index (χ3v) is 2.87. The normalized spacial score (nSPS) is 21.4. The Labute approximate surface area is 84.5 Å². The van der Waals surface area contributed by atoms with Crippen molar-refractivity contribution < 1.29 is 0 Å². The van der Waals surface area contributed by atoms with Gasteiger partial charge in [-0.25, -0.2) is 0 Å². The highest BCUT2D eigenvalue weighted by atomic mass is 15.2. The lowest BCUT2D eigenvalue weighted by Crippen LogP contribution is -2.22. The first-order valence-corrected chi connectivity index (χ1v) is 5.32. The SMILES string of the molecule is CCc1[nH]nc(NC2CCNC2)c1C. The van der Waals surface area contributed by atoms with Crippen LogP contribution in [0.1, 0.15) is 24.6 Å². The van der Waals surface area contributed by atoms with Gasteiger partial charge in [-0.15, -0.1) is 0 Å². The number of hydrogen-bond acceptors (Lipinski definition) is 3. The Kier molecular flexibility index (Phi) is 2.72. The maximum Gasteiger partial charge on any atom is 0.151 e. The van der Waals surface area contributed by atoms with E-state index in [4.69, 9.17) is 0 Å². The van der Waals surface area contributed by atoms with Crippen molar-refractivity contribution in [3.63, 3.8) is 0 Å². The van der Waals surface area contributed by atoms with Crippen LogP contribution in [0.3, 0.4) is 0 Å². The molecule has 14 heavy (non-hydrogen) atoms. The Morgan fingerprint density at radius 2 is 2.43 bits per heavy atom. The Hall–Kier alpha value is -1.03. The summed E-state index contributed by atoms with van der Waals surface area (Å²) in [7, 11) is 0. The van der Waals surface area contributed by atoms with Crippen molar-refractivity contribution >= 4 is 5.82 Å². The van der Waals surface area contributed by atoms with Crippen LogP contribution in [-0.4, -0.2) is 29.3 Å². The van der Waals surface area contributed by atoms with E-state index < -0.39 is 0 Å². The van der Waals surface area contributed by atoms with Crippen molar-refractivity contribution in [3.05, 3.63) is 11.3 Å². The van der Waals surface area contributed by atoms with Gasteiger partial charge in [0.05, 0.1) is 0 Å². The van der Waals surface area contributed by atoms with Crippen LogP contribution >= 0.6 is 0 Å². The predicted molar refractivity (Wildman–Crippen MR) is 57.6 cm³/mol. The fourth-order valence-electron chi connectivity index (χ4n) is 1.89. The molecule has 3 N–H and O–H groups in total. The lowest BCUT2D eigenvalue weighted by Gasteiger charge is -2.10. The summed E-state index contributed by atoms with van der Waals surface area (Å²) in [6, 6.07) is 0.543. The summed E-state index contributed by atoms with van der Waals surface area (Å²) in [5.41, 5.74) is 2.50. The van der Waals surface area contributed by atoms with E-state index in [0.29, 0.717) is 6.04 Å². The number of aryl methyl sites for hydroxylation is 1. The lowest BCUT2D eigenvalue weighted by molar-refractivity contribution is 0.785. The van der Waals surface area contributed by atoms with Gasteiger partial charge in [0.2, 0.25) is 0 Å². The third-order valence-electron chi connectivity index (χ3n) is 2.87. The molecule has 0 amide bonds. The minimum Gasteiger partial charge on any atom is -0.364 e. The zero-order chi connectivity index (χ0) is 9.97. The molecule has 2 rings (SSSR count). The molecule has 1 saturated heterocycles. The monoisotopic (exact) mass is 194 g/mol. The molecule has 1 aromatic heterocycles. The van der Waals surface area contributed by atoms with Crippen LogP contribution in [0.2, 0.25) is 0 Å². The van der Waals surface area contributed by atoms with Crippen LogP contribution in [0, 0.1) is 6.92 Å². The van der Waals surface area contributed by atoms with Crippen LogP contribution in [0.4, 0.5) is 5.82 Å². The zero-order valence-electron chi connectivity index (χ0n) is 8.85. The quantitative estimate of drug-likeness (QED) is 0.674. The summed E-state index contributed by atoms with van der Waals surface area (Å²) < 4.78 is 0. The number of nitrogens with one attached hydrogen (secondary N) is 3. The summed E-state index contributed by atoms with van der Waals surface area (Å²) in [6.07, 6.45) is 2.21. The number of aromatic nitrogens is 2. The number of rotatable bonds is 3. The molecule has 1 aliphatic heterocycles. The highest BCUT2D eigenvalue weighted by Gasteiger charge is 2.16. The van der Waals surface area contributed by atoms with Crippen molar-refractivity contribution in [2.75, 3.05) is 18.4 Å². The molecule has 1 aromatic rings. The fraction of sp³-hybridized carbons (Fsp3) is 0.700. The van der Waals surface area contributed by atoms with Gasteiger partial charge in [-0.05, 0) is 26.3 Å². The smallest absolute Gasteiger partial charge is 0.151 e. The Balaban J connectivity index is 2.04. The van der Waals surface area contributed by atoms with Crippen LogP contribution in [0.5, 0.6) is 0 Å². The van der Waals surface area contributed by atoms with Crippen LogP contribution < -0.4 is 10.6 Å². The summed E-state index contributed by atoms with van der Waals surface area (Å²) in [4.78, 5) is 0. The van der Waals surface area contributed by atoms with Crippen molar-refractivity contribution in [2.24, 2.45) is 0 Å². The number of anilines is 1. The Morgan fingerprint density at radius 3 is 3.00 bits per heavy atom. The van der Waals surface area contributed by atoms with Gasteiger partial charge in [0, 0.05) is 23.8 Å². The molecule has 1 unspecified atom stereocenters. The topological polar surface area (TPSA) is 52.7 Å². The van der Waals surface area contributed by atoms with Crippen molar-refractivity contribution in [2.45, 2.75) is 32.7 Å². The van der Waals surface area contributed by atoms with Gasteiger partial charge in [0.25, 0.3) is 0 Å². The predicted octanol–water partition coefficient (Wildman–Crippen LogP) is 1.05. The maximum atomic E-state index is 4.29. The molecular formula is C10H18N4. The first-order chi connectivity index (χ1) is 6.81. The van der Waals surface area contributed by atoms with Gasteiger partial charge < -0.3 is 10.6 Å². The van der Waals surface area contributed by atoms with Gasteiger partial charge in [-0.1, -0.05) is 6.92 Å². The number of H-pyrrole nitrogens is 1. The molecule has 0 bridgehead atoms. The van der Waals surface area contributed by atoms with Crippen molar-refractivity contribution in [1.29, 1.82) is 0 Å². The average molecular weight is 194 g/mol. The lowest BCUT2D eigenvalue weighted by atomic mass is 10.2. The Morgan fingerprint density at radius 1 is 1.57 bits per heavy atom. The van der Waals surface area contributed by atoms with Crippen LogP contribution in [-0.2, 0) is 6.42 Å². The molecule has 1 aliphatic rings. The molecule has 1 fully saturated rings. The first kappa shape index (κ1) is 9.52. The number of hydrogen-bond donors (Lipinski definition) is 3. The maximum absolute atomic E-state index is 4.29. The van der Waals surface area contributed by atoms with E-state index in [1.54, 1.807) is 0 Å². The molecule has 2 heterocycles. The molecule has 4 nitrogen and oxygen atoms in total. The third kappa shape index (κ3) is 1.75. The second-order valence-electron chi connectivity index (χ2n) is 3.86. The second kappa shape index (κ2) is 4.00. The highest BCUT2D eigenvalue weighted by Crippen LogP contribution is 2.17. The number of nitrogens with zero attached hydrogens (tertiary/aromatic N) is 1. The fourth-order valence-corrected chi connectivity index (χ4v) is 1.89. The molecule has 0 saturated carbocycles. The van der Waals surface area contributed by atoms with E-state index in [1.807, 2.05) is 0 Å². The largest absolute Gasteiger partial charge is 0.364 e. The van der Waals surface area contributed by atoms with Crippen LogP contribution in [0.25, 0.3) is 0 Å². The van der Waals surface area contributed by atoms with Crippen molar-refractivity contribution in [1.82, 2.24) is 15.5 Å². The van der Waals surface area contributed by atoms with E-state index in [2.05, 4.69) is 34.7 Å². The molecule has 1 atom stereocenters. The van der Waals surface area contributed by atoms with Gasteiger partial charge in [-0.3, -0.25) is 5.10 Å². The van der Waals surface area contributed by atoms with Gasteiger partial charge in [0.15, 0.2) is 5.82 Å². The van der Waals surface area contributed by atoms with Crippen LogP contribution in [0.15, 0.2) is 0 Å². The average Bonchev–Trinajstić information content (AvgIpc) is 2.79. The van der Waals surface area contributed by atoms with E-state index in [0.717, 1.165) is 25.3 Å². The van der Waals surface area contributed by atoms with E-state index in [9.17, 15) is 0 Å². The van der Waals surface area contributed by atoms with E-state index in [1.165, 1.54) is 17.7 Å². The Bertz CT molecular complexity index is 299. The molecule has 78 valence electrons. The summed E-state index contributed by atoms with van der Waals surface area (Å²) >= 11 is 0. The molecule has 0 aliphatic carbocycles. The molecule has 4 heteroatoms. The van der Waals surface area contributed by atoms with Crippen molar-refractivity contribution in [3.8, 4) is 0 Å². The van der Waals surface area contributed by atoms with Gasteiger partial charge in [-0.2, -0.15) is 5.10 Å². The zero-order valence-corrected chi connectivity index (χ0v) is 8.85. The summed E-state index contributed by atoms with van der Waals surface area (Å²) in [6.45, 7) is 6.42. The minimum atomic E-state index is 0.543. The molecule has 0 radical (unpaired) electrons. The van der Waals surface area contributed by atoms with Gasteiger partial charge in [0.1, 0.15) is 0 Å².